The highest BCUT2D eigenvalue weighted by atomic mass is 35.5. The number of likely N-dealkylation sites (N-methyl/N-ethyl adjacent to an activating group) is 1. The molecule has 22 heavy (non-hydrogen) atoms. The average Bonchev–Trinajstić information content (AvgIpc) is 3.05. The van der Waals surface area contributed by atoms with Crippen molar-refractivity contribution < 1.29 is 9.63 Å². The first kappa shape index (κ1) is 15.3. The molecule has 0 aromatic heterocycles. The van der Waals surface area contributed by atoms with Gasteiger partial charge in [0.1, 0.15) is 0 Å². The van der Waals surface area contributed by atoms with Crippen molar-refractivity contribution in [1.82, 2.24) is 9.80 Å². The number of hydrogen-bond acceptors (Lipinski definition) is 4. The zero-order valence-electron chi connectivity index (χ0n) is 12.7. The molecule has 1 amide bonds. The molecule has 1 aromatic carbocycles. The summed E-state index contributed by atoms with van der Waals surface area (Å²) in [4.78, 5) is 22.1. The number of rotatable bonds is 3. The Kier molecular flexibility index (Phi) is 4.64. The van der Waals surface area contributed by atoms with Gasteiger partial charge in [-0.1, -0.05) is 35.8 Å². The summed E-state index contributed by atoms with van der Waals surface area (Å²) in [6.07, 6.45) is 0.0351. The van der Waals surface area contributed by atoms with Crippen LogP contribution in [0.3, 0.4) is 0 Å². The van der Waals surface area contributed by atoms with Gasteiger partial charge in [-0.15, -0.1) is 0 Å². The molecule has 0 saturated carbocycles. The van der Waals surface area contributed by atoms with Crippen molar-refractivity contribution in [1.29, 1.82) is 0 Å². The van der Waals surface area contributed by atoms with E-state index >= 15 is 0 Å². The molecule has 0 radical (unpaired) electrons. The van der Waals surface area contributed by atoms with Crippen molar-refractivity contribution in [3.05, 3.63) is 34.9 Å². The number of halogens is 1. The van der Waals surface area contributed by atoms with E-state index in [4.69, 9.17) is 16.4 Å². The van der Waals surface area contributed by atoms with E-state index in [1.54, 1.807) is 0 Å². The topological polar surface area (TPSA) is 45.1 Å². The molecule has 0 spiro atoms. The number of oxime groups is 1. The van der Waals surface area contributed by atoms with E-state index in [-0.39, 0.29) is 5.91 Å². The van der Waals surface area contributed by atoms with Gasteiger partial charge in [-0.3, -0.25) is 4.79 Å². The molecule has 5 nitrogen and oxygen atoms in total. The Morgan fingerprint density at radius 1 is 1.27 bits per heavy atom. The molecular weight excluding hydrogens is 302 g/mol. The Morgan fingerprint density at radius 2 is 1.95 bits per heavy atom. The summed E-state index contributed by atoms with van der Waals surface area (Å²) in [6, 6.07) is 7.44. The third-order valence-corrected chi connectivity index (χ3v) is 4.50. The second-order valence-corrected chi connectivity index (χ2v) is 6.04. The molecule has 0 N–H and O–H groups in total. The van der Waals surface area contributed by atoms with Crippen LogP contribution in [0.1, 0.15) is 18.9 Å². The number of carbonyl (C=O) groups excluding carboxylic acids is 1. The average molecular weight is 322 g/mol. The number of carbonyl (C=O) groups is 1. The van der Waals surface area contributed by atoms with Gasteiger partial charge in [0.15, 0.2) is 0 Å². The van der Waals surface area contributed by atoms with Gasteiger partial charge < -0.3 is 14.6 Å². The standard InChI is InChI=1S/C16H20ClN3O2/c1-2-19-7-9-20(10-8-19)16(21)15-11-14(18-22-15)12-3-5-13(17)6-4-12/h3-6,15H,2,7-11H2,1H3/t15-/m1/s1. The van der Waals surface area contributed by atoms with Crippen molar-refractivity contribution in [2.45, 2.75) is 19.4 Å². The molecule has 2 aliphatic rings. The summed E-state index contributed by atoms with van der Waals surface area (Å²) in [5, 5.41) is 4.76. The summed E-state index contributed by atoms with van der Waals surface area (Å²) in [7, 11) is 0. The Morgan fingerprint density at radius 3 is 2.59 bits per heavy atom. The zero-order valence-corrected chi connectivity index (χ0v) is 13.4. The molecule has 0 aliphatic carbocycles. The van der Waals surface area contributed by atoms with E-state index < -0.39 is 6.10 Å². The van der Waals surface area contributed by atoms with Crippen LogP contribution in [0.4, 0.5) is 0 Å². The highest BCUT2D eigenvalue weighted by Gasteiger charge is 2.33. The zero-order chi connectivity index (χ0) is 15.5. The Bertz CT molecular complexity index is 565. The van der Waals surface area contributed by atoms with Crippen LogP contribution in [0.5, 0.6) is 0 Å². The van der Waals surface area contributed by atoms with Gasteiger partial charge in [0, 0.05) is 37.6 Å². The van der Waals surface area contributed by atoms with Gasteiger partial charge in [-0.2, -0.15) is 0 Å². The van der Waals surface area contributed by atoms with Crippen LogP contribution in [-0.4, -0.2) is 60.2 Å². The van der Waals surface area contributed by atoms with Gasteiger partial charge in [-0.25, -0.2) is 0 Å². The second-order valence-electron chi connectivity index (χ2n) is 5.60. The van der Waals surface area contributed by atoms with Crippen LogP contribution >= 0.6 is 11.6 Å². The quantitative estimate of drug-likeness (QED) is 0.855. The van der Waals surface area contributed by atoms with E-state index in [0.717, 1.165) is 44.0 Å². The fourth-order valence-corrected chi connectivity index (χ4v) is 2.94. The first-order chi connectivity index (χ1) is 10.7. The van der Waals surface area contributed by atoms with Crippen LogP contribution in [-0.2, 0) is 9.63 Å². The molecule has 1 fully saturated rings. The molecule has 6 heteroatoms. The highest BCUT2D eigenvalue weighted by Crippen LogP contribution is 2.20. The van der Waals surface area contributed by atoms with Crippen LogP contribution in [0, 0.1) is 0 Å². The predicted octanol–water partition coefficient (Wildman–Crippen LogP) is 2.00. The minimum Gasteiger partial charge on any atom is -0.382 e. The molecule has 1 saturated heterocycles. The number of amides is 1. The third kappa shape index (κ3) is 3.25. The van der Waals surface area contributed by atoms with Crippen molar-refractivity contribution in [2.24, 2.45) is 5.16 Å². The largest absolute Gasteiger partial charge is 0.382 e. The first-order valence-corrected chi connectivity index (χ1v) is 8.05. The highest BCUT2D eigenvalue weighted by molar-refractivity contribution is 6.30. The van der Waals surface area contributed by atoms with Crippen molar-refractivity contribution in [3.8, 4) is 0 Å². The maximum Gasteiger partial charge on any atom is 0.266 e. The molecule has 2 aliphatic heterocycles. The lowest BCUT2D eigenvalue weighted by atomic mass is 10.0. The Balaban J connectivity index is 1.57. The first-order valence-electron chi connectivity index (χ1n) is 7.67. The monoisotopic (exact) mass is 321 g/mol. The molecule has 2 heterocycles. The van der Waals surface area contributed by atoms with Crippen LogP contribution < -0.4 is 0 Å². The van der Waals surface area contributed by atoms with Crippen molar-refractivity contribution in [3.63, 3.8) is 0 Å². The number of hydrogen-bond donors (Lipinski definition) is 0. The van der Waals surface area contributed by atoms with Crippen LogP contribution in [0.15, 0.2) is 29.4 Å². The van der Waals surface area contributed by atoms with Gasteiger partial charge in [-0.05, 0) is 24.2 Å². The maximum absolute atomic E-state index is 12.5. The lowest BCUT2D eigenvalue weighted by Crippen LogP contribution is -2.51. The predicted molar refractivity (Wildman–Crippen MR) is 86.2 cm³/mol. The SMILES string of the molecule is CCN1CCN(C(=O)[C@H]2CC(c3ccc(Cl)cc3)=NO2)CC1. The van der Waals surface area contributed by atoms with Gasteiger partial charge in [0.05, 0.1) is 5.71 Å². The molecule has 0 bridgehead atoms. The number of benzene rings is 1. The fraction of sp³-hybridized carbons (Fsp3) is 0.500. The Hall–Kier alpha value is -1.59. The smallest absolute Gasteiger partial charge is 0.266 e. The molecule has 1 aromatic rings. The van der Waals surface area contributed by atoms with E-state index in [9.17, 15) is 4.79 Å². The summed E-state index contributed by atoms with van der Waals surface area (Å²) >= 11 is 5.89. The van der Waals surface area contributed by atoms with Gasteiger partial charge >= 0.3 is 0 Å². The van der Waals surface area contributed by atoms with Crippen molar-refractivity contribution in [2.75, 3.05) is 32.7 Å². The third-order valence-electron chi connectivity index (χ3n) is 4.25. The van der Waals surface area contributed by atoms with Crippen LogP contribution in [0.25, 0.3) is 0 Å². The summed E-state index contributed by atoms with van der Waals surface area (Å²) in [5.74, 6) is 0.0449. The van der Waals surface area contributed by atoms with E-state index in [1.807, 2.05) is 29.2 Å². The van der Waals surface area contributed by atoms with E-state index in [0.29, 0.717) is 11.4 Å². The van der Waals surface area contributed by atoms with Gasteiger partial charge in [0.25, 0.3) is 5.91 Å². The number of nitrogens with zero attached hydrogens (tertiary/aromatic N) is 3. The normalized spacial score (nSPS) is 22.4. The molecule has 118 valence electrons. The molecule has 0 unspecified atom stereocenters. The van der Waals surface area contributed by atoms with E-state index in [1.165, 1.54) is 0 Å². The van der Waals surface area contributed by atoms with Crippen LogP contribution in [0.2, 0.25) is 5.02 Å². The maximum atomic E-state index is 12.5. The van der Waals surface area contributed by atoms with Gasteiger partial charge in [0.2, 0.25) is 6.10 Å². The molecule has 1 atom stereocenters. The minimum absolute atomic E-state index is 0.0449. The number of piperazine rings is 1. The summed E-state index contributed by atoms with van der Waals surface area (Å²) < 4.78 is 0. The fourth-order valence-electron chi connectivity index (χ4n) is 2.81. The lowest BCUT2D eigenvalue weighted by molar-refractivity contribution is -0.143. The molecule has 3 rings (SSSR count). The minimum atomic E-state index is -0.487. The lowest BCUT2D eigenvalue weighted by Gasteiger charge is -2.34. The summed E-state index contributed by atoms with van der Waals surface area (Å²) in [5.41, 5.74) is 1.76. The molecular formula is C16H20ClN3O2. The van der Waals surface area contributed by atoms with Crippen molar-refractivity contribution >= 4 is 23.2 Å². The Labute approximate surface area is 135 Å². The summed E-state index contributed by atoms with van der Waals surface area (Å²) in [6.45, 7) is 6.57. The van der Waals surface area contributed by atoms with E-state index in [2.05, 4.69) is 17.0 Å². The second kappa shape index (κ2) is 6.67.